The van der Waals surface area contributed by atoms with Gasteiger partial charge in [0.2, 0.25) is 0 Å². The standard InChI is InChI=1S/C22H17F3N4O/c1-13-10-16(14-2-5-17(6-3-14)22(23,24)25)11-19(28-13)21-27-9-8-18(29-21)15-4-7-20(26)30-12-15/h2-12,20H,26H2,1H3. The van der Waals surface area contributed by atoms with Crippen molar-refractivity contribution in [3.8, 4) is 22.6 Å². The molecule has 0 fully saturated rings. The van der Waals surface area contributed by atoms with Gasteiger partial charge in [0.25, 0.3) is 0 Å². The minimum absolute atomic E-state index is 0.397. The molecular formula is C22H17F3N4O. The maximum absolute atomic E-state index is 12.8. The van der Waals surface area contributed by atoms with Crippen LogP contribution < -0.4 is 5.73 Å². The average Bonchev–Trinajstić information content (AvgIpc) is 2.73. The second-order valence-corrected chi connectivity index (χ2v) is 6.76. The Balaban J connectivity index is 1.69. The van der Waals surface area contributed by atoms with Crippen LogP contribution in [-0.2, 0) is 10.9 Å². The Bertz CT molecular complexity index is 1140. The third-order valence-electron chi connectivity index (χ3n) is 4.50. The Hall–Kier alpha value is -3.52. The van der Waals surface area contributed by atoms with Crippen LogP contribution in [0.5, 0.6) is 0 Å². The summed E-state index contributed by atoms with van der Waals surface area (Å²) in [4.78, 5) is 13.3. The Labute approximate surface area is 170 Å². The summed E-state index contributed by atoms with van der Waals surface area (Å²) >= 11 is 0. The molecule has 30 heavy (non-hydrogen) atoms. The molecule has 152 valence electrons. The van der Waals surface area contributed by atoms with Crippen LogP contribution in [0.4, 0.5) is 13.2 Å². The lowest BCUT2D eigenvalue weighted by molar-refractivity contribution is -0.137. The molecule has 3 aromatic rings. The van der Waals surface area contributed by atoms with Gasteiger partial charge in [-0.05, 0) is 60.5 Å². The Morgan fingerprint density at radius 3 is 2.40 bits per heavy atom. The van der Waals surface area contributed by atoms with Gasteiger partial charge in [-0.1, -0.05) is 12.1 Å². The van der Waals surface area contributed by atoms with Crippen LogP contribution >= 0.6 is 0 Å². The van der Waals surface area contributed by atoms with Crippen molar-refractivity contribution in [2.75, 3.05) is 0 Å². The predicted octanol–water partition coefficient (Wildman–Crippen LogP) is 4.74. The molecule has 1 aliphatic rings. The highest BCUT2D eigenvalue weighted by atomic mass is 19.4. The molecule has 2 aromatic heterocycles. The number of halogens is 3. The molecule has 1 aliphatic heterocycles. The van der Waals surface area contributed by atoms with Crippen LogP contribution in [0.3, 0.4) is 0 Å². The van der Waals surface area contributed by atoms with Gasteiger partial charge in [-0.3, -0.25) is 5.73 Å². The number of hydrogen-bond donors (Lipinski definition) is 1. The molecule has 1 atom stereocenters. The smallest absolute Gasteiger partial charge is 0.416 e. The average molecular weight is 410 g/mol. The topological polar surface area (TPSA) is 73.9 Å². The highest BCUT2D eigenvalue weighted by Crippen LogP contribution is 2.32. The van der Waals surface area contributed by atoms with Gasteiger partial charge in [0, 0.05) is 17.5 Å². The first-order valence-electron chi connectivity index (χ1n) is 9.09. The van der Waals surface area contributed by atoms with Crippen molar-refractivity contribution in [2.45, 2.75) is 19.3 Å². The van der Waals surface area contributed by atoms with Crippen LogP contribution in [0, 0.1) is 6.92 Å². The van der Waals surface area contributed by atoms with E-state index in [4.69, 9.17) is 10.5 Å². The van der Waals surface area contributed by atoms with Gasteiger partial charge in [0.15, 0.2) is 12.1 Å². The second-order valence-electron chi connectivity index (χ2n) is 6.76. The van der Waals surface area contributed by atoms with E-state index in [2.05, 4.69) is 15.0 Å². The van der Waals surface area contributed by atoms with Crippen LogP contribution in [0.25, 0.3) is 28.2 Å². The third-order valence-corrected chi connectivity index (χ3v) is 4.50. The molecule has 5 nitrogen and oxygen atoms in total. The lowest BCUT2D eigenvalue weighted by atomic mass is 10.0. The number of allylic oxidation sites excluding steroid dienone is 2. The van der Waals surface area contributed by atoms with Crippen LogP contribution in [0.1, 0.15) is 17.0 Å². The molecule has 3 heterocycles. The fourth-order valence-corrected chi connectivity index (χ4v) is 3.03. The summed E-state index contributed by atoms with van der Waals surface area (Å²) in [6.45, 7) is 1.81. The number of alkyl halides is 3. The first kappa shape index (κ1) is 19.8. The van der Waals surface area contributed by atoms with Crippen LogP contribution in [0.15, 0.2) is 67.1 Å². The van der Waals surface area contributed by atoms with E-state index in [0.717, 1.165) is 23.3 Å². The monoisotopic (exact) mass is 410 g/mol. The molecule has 4 rings (SSSR count). The van der Waals surface area contributed by atoms with E-state index in [0.29, 0.717) is 28.5 Å². The molecule has 1 unspecified atom stereocenters. The number of nitrogens with two attached hydrogens (primary N) is 1. The highest BCUT2D eigenvalue weighted by Gasteiger charge is 2.30. The molecule has 0 bridgehead atoms. The van der Waals surface area contributed by atoms with Gasteiger partial charge in [-0.15, -0.1) is 0 Å². The van der Waals surface area contributed by atoms with E-state index in [9.17, 15) is 13.2 Å². The van der Waals surface area contributed by atoms with Crippen molar-refractivity contribution in [1.82, 2.24) is 15.0 Å². The number of nitrogens with zero attached hydrogens (tertiary/aromatic N) is 3. The zero-order valence-electron chi connectivity index (χ0n) is 15.9. The quantitative estimate of drug-likeness (QED) is 0.675. The summed E-state index contributed by atoms with van der Waals surface area (Å²) in [7, 11) is 0. The molecule has 0 aliphatic carbocycles. The molecule has 0 radical (unpaired) electrons. The highest BCUT2D eigenvalue weighted by molar-refractivity contribution is 5.73. The maximum atomic E-state index is 12.8. The molecule has 0 saturated carbocycles. The predicted molar refractivity (Wildman–Crippen MR) is 107 cm³/mol. The maximum Gasteiger partial charge on any atom is 0.416 e. The van der Waals surface area contributed by atoms with Gasteiger partial charge < -0.3 is 4.74 Å². The summed E-state index contributed by atoms with van der Waals surface area (Å²) < 4.78 is 43.8. The zero-order valence-corrected chi connectivity index (χ0v) is 15.9. The van der Waals surface area contributed by atoms with Crippen molar-refractivity contribution in [1.29, 1.82) is 0 Å². The van der Waals surface area contributed by atoms with Gasteiger partial charge in [0.1, 0.15) is 5.69 Å². The molecule has 0 amide bonds. The first-order valence-corrected chi connectivity index (χ1v) is 9.09. The summed E-state index contributed by atoms with van der Waals surface area (Å²) in [5, 5.41) is 0. The van der Waals surface area contributed by atoms with Gasteiger partial charge >= 0.3 is 6.18 Å². The van der Waals surface area contributed by atoms with Crippen molar-refractivity contribution in [2.24, 2.45) is 5.73 Å². The van der Waals surface area contributed by atoms with Crippen molar-refractivity contribution >= 4 is 5.57 Å². The third kappa shape index (κ3) is 4.23. The Morgan fingerprint density at radius 1 is 0.967 bits per heavy atom. The number of hydrogen-bond acceptors (Lipinski definition) is 5. The Morgan fingerprint density at radius 2 is 1.73 bits per heavy atom. The van der Waals surface area contributed by atoms with Crippen molar-refractivity contribution < 1.29 is 17.9 Å². The van der Waals surface area contributed by atoms with E-state index in [1.165, 1.54) is 18.4 Å². The van der Waals surface area contributed by atoms with E-state index >= 15 is 0 Å². The first-order chi connectivity index (χ1) is 14.3. The lowest BCUT2D eigenvalue weighted by Crippen LogP contribution is -2.20. The van der Waals surface area contributed by atoms with Crippen molar-refractivity contribution in [3.63, 3.8) is 0 Å². The minimum atomic E-state index is -4.37. The summed E-state index contributed by atoms with van der Waals surface area (Å²) in [6, 6.07) is 10.3. The van der Waals surface area contributed by atoms with Crippen LogP contribution in [0.2, 0.25) is 0 Å². The SMILES string of the molecule is Cc1cc(-c2ccc(C(F)(F)F)cc2)cc(-c2nccc(C3=COC(N)C=C3)n2)n1. The van der Waals surface area contributed by atoms with E-state index in [-0.39, 0.29) is 0 Å². The lowest BCUT2D eigenvalue weighted by Gasteiger charge is -2.13. The van der Waals surface area contributed by atoms with E-state index in [1.54, 1.807) is 30.5 Å². The fourth-order valence-electron chi connectivity index (χ4n) is 3.03. The molecule has 0 saturated heterocycles. The Kier molecular flexibility index (Phi) is 5.09. The van der Waals surface area contributed by atoms with E-state index in [1.807, 2.05) is 13.0 Å². The van der Waals surface area contributed by atoms with Gasteiger partial charge in [-0.2, -0.15) is 13.2 Å². The number of benzene rings is 1. The molecular weight excluding hydrogens is 393 g/mol. The number of aryl methyl sites for hydroxylation is 1. The van der Waals surface area contributed by atoms with Gasteiger partial charge in [0.05, 0.1) is 17.5 Å². The van der Waals surface area contributed by atoms with Crippen LogP contribution in [-0.4, -0.2) is 21.2 Å². The molecule has 2 N–H and O–H groups in total. The number of rotatable bonds is 3. The van der Waals surface area contributed by atoms with Gasteiger partial charge in [-0.25, -0.2) is 15.0 Å². The summed E-state index contributed by atoms with van der Waals surface area (Å²) in [6.07, 6.45) is 1.82. The molecule has 1 aromatic carbocycles. The number of pyridine rings is 1. The second kappa shape index (κ2) is 7.72. The zero-order chi connectivity index (χ0) is 21.3. The van der Waals surface area contributed by atoms with Crippen molar-refractivity contribution in [3.05, 3.63) is 84.0 Å². The fraction of sp³-hybridized carbons (Fsp3) is 0.136. The number of aromatic nitrogens is 3. The largest absolute Gasteiger partial charge is 0.479 e. The normalized spacial score (nSPS) is 16.2. The minimum Gasteiger partial charge on any atom is -0.479 e. The summed E-state index contributed by atoms with van der Waals surface area (Å²) in [5.74, 6) is 0.397. The van der Waals surface area contributed by atoms with E-state index < -0.39 is 18.0 Å². The summed E-state index contributed by atoms with van der Waals surface area (Å²) in [5.41, 5.74) is 8.94. The molecule has 8 heteroatoms. The number of ether oxygens (including phenoxy) is 1. The molecule has 0 spiro atoms.